The molecule has 2 nitrogen and oxygen atoms in total. The highest BCUT2D eigenvalue weighted by molar-refractivity contribution is 5.85. The third-order valence-corrected chi connectivity index (χ3v) is 2.78. The Morgan fingerprint density at radius 2 is 1.71 bits per heavy atom. The molecule has 1 fully saturated rings. The molecule has 0 aromatic heterocycles. The van der Waals surface area contributed by atoms with Crippen LogP contribution in [0.5, 0.6) is 0 Å². The van der Waals surface area contributed by atoms with E-state index in [0.717, 1.165) is 0 Å². The van der Waals surface area contributed by atoms with Gasteiger partial charge in [-0.05, 0) is 19.3 Å². The average molecular weight is 230 g/mol. The van der Waals surface area contributed by atoms with Gasteiger partial charge < -0.3 is 10.5 Å². The lowest BCUT2D eigenvalue weighted by molar-refractivity contribution is -0.0537. The first-order valence-electron chi connectivity index (χ1n) is 4.63. The number of ether oxygens (including phenoxy) is 1. The first-order chi connectivity index (χ1) is 5.97. The zero-order chi connectivity index (χ0) is 9.95. The number of nitrogens with two attached hydrogens (primary N) is 1. The lowest BCUT2D eigenvalue weighted by Crippen LogP contribution is -2.46. The molecule has 0 spiro atoms. The van der Waals surface area contributed by atoms with E-state index in [0.29, 0.717) is 25.9 Å². The Morgan fingerprint density at radius 3 is 2.14 bits per heavy atom. The van der Waals surface area contributed by atoms with Gasteiger partial charge in [0.15, 0.2) is 0 Å². The maximum absolute atomic E-state index is 12.8. The summed E-state index contributed by atoms with van der Waals surface area (Å²) in [4.78, 5) is 0. The van der Waals surface area contributed by atoms with Crippen LogP contribution in [0.15, 0.2) is 0 Å². The molecule has 1 saturated carbocycles. The maximum Gasteiger partial charge on any atom is 0.248 e. The summed E-state index contributed by atoms with van der Waals surface area (Å²) < 4.78 is 30.5. The van der Waals surface area contributed by atoms with E-state index in [2.05, 4.69) is 0 Å². The third kappa shape index (κ3) is 4.07. The highest BCUT2D eigenvalue weighted by atomic mass is 35.5. The highest BCUT2D eigenvalue weighted by Crippen LogP contribution is 2.38. The molecule has 1 aliphatic rings. The predicted octanol–water partition coefficient (Wildman–Crippen LogP) is 2.35. The lowest BCUT2D eigenvalue weighted by Gasteiger charge is -2.36. The van der Waals surface area contributed by atoms with Crippen molar-refractivity contribution in [1.82, 2.24) is 0 Å². The standard InChI is InChI=1S/C9H17F2NO.ClH/c1-13-7-6-8(12)2-4-9(10,11)5-3-8;/h2-7,12H2,1H3;1H. The first-order valence-corrected chi connectivity index (χ1v) is 4.63. The zero-order valence-corrected chi connectivity index (χ0v) is 9.21. The number of methoxy groups -OCH3 is 1. The molecule has 0 aliphatic heterocycles. The van der Waals surface area contributed by atoms with Gasteiger partial charge in [-0.1, -0.05) is 0 Å². The van der Waals surface area contributed by atoms with Crippen LogP contribution in [0.2, 0.25) is 0 Å². The van der Waals surface area contributed by atoms with Crippen LogP contribution in [-0.4, -0.2) is 25.2 Å². The van der Waals surface area contributed by atoms with Crippen LogP contribution in [0, 0.1) is 0 Å². The van der Waals surface area contributed by atoms with Crippen molar-refractivity contribution in [2.45, 2.75) is 43.6 Å². The van der Waals surface area contributed by atoms with Crippen molar-refractivity contribution in [2.75, 3.05) is 13.7 Å². The van der Waals surface area contributed by atoms with Crippen molar-refractivity contribution >= 4 is 12.4 Å². The largest absolute Gasteiger partial charge is 0.385 e. The molecule has 0 radical (unpaired) electrons. The highest BCUT2D eigenvalue weighted by Gasteiger charge is 2.40. The molecular weight excluding hydrogens is 212 g/mol. The van der Waals surface area contributed by atoms with Crippen molar-refractivity contribution in [3.8, 4) is 0 Å². The van der Waals surface area contributed by atoms with Crippen LogP contribution in [-0.2, 0) is 4.74 Å². The Hall–Kier alpha value is 0.0700. The van der Waals surface area contributed by atoms with Gasteiger partial charge in [0.25, 0.3) is 0 Å². The quantitative estimate of drug-likeness (QED) is 0.807. The Morgan fingerprint density at radius 1 is 1.21 bits per heavy atom. The smallest absolute Gasteiger partial charge is 0.248 e. The fourth-order valence-corrected chi connectivity index (χ4v) is 1.67. The molecule has 1 rings (SSSR count). The van der Waals surface area contributed by atoms with E-state index < -0.39 is 11.5 Å². The fourth-order valence-electron chi connectivity index (χ4n) is 1.67. The molecule has 0 aromatic rings. The molecule has 5 heteroatoms. The van der Waals surface area contributed by atoms with Crippen LogP contribution in [0.4, 0.5) is 8.78 Å². The first kappa shape index (κ1) is 14.1. The van der Waals surface area contributed by atoms with E-state index in [-0.39, 0.29) is 25.2 Å². The monoisotopic (exact) mass is 229 g/mol. The van der Waals surface area contributed by atoms with E-state index in [4.69, 9.17) is 10.5 Å². The topological polar surface area (TPSA) is 35.2 Å². The van der Waals surface area contributed by atoms with Gasteiger partial charge in [-0.3, -0.25) is 0 Å². The van der Waals surface area contributed by atoms with Gasteiger partial charge in [0.1, 0.15) is 0 Å². The molecule has 0 bridgehead atoms. The van der Waals surface area contributed by atoms with Crippen molar-refractivity contribution in [2.24, 2.45) is 5.73 Å². The summed E-state index contributed by atoms with van der Waals surface area (Å²) in [6.07, 6.45) is 1.34. The molecule has 14 heavy (non-hydrogen) atoms. The van der Waals surface area contributed by atoms with Crippen molar-refractivity contribution in [3.05, 3.63) is 0 Å². The molecule has 0 aromatic carbocycles. The second-order valence-corrected chi connectivity index (χ2v) is 3.96. The molecule has 0 amide bonds. The SMILES string of the molecule is COCCC1(N)CCC(F)(F)CC1.Cl. The second kappa shape index (κ2) is 5.24. The molecule has 0 saturated heterocycles. The number of alkyl halides is 2. The number of hydrogen-bond donors (Lipinski definition) is 1. The normalized spacial score (nSPS) is 24.0. The predicted molar refractivity (Wildman–Crippen MR) is 54.1 cm³/mol. The van der Waals surface area contributed by atoms with Crippen LogP contribution in [0.25, 0.3) is 0 Å². The summed E-state index contributed by atoms with van der Waals surface area (Å²) >= 11 is 0. The van der Waals surface area contributed by atoms with E-state index >= 15 is 0 Å². The minimum absolute atomic E-state index is 0. The lowest BCUT2D eigenvalue weighted by atomic mass is 9.79. The van der Waals surface area contributed by atoms with Crippen LogP contribution in [0.3, 0.4) is 0 Å². The Bertz CT molecular complexity index is 168. The van der Waals surface area contributed by atoms with Gasteiger partial charge in [-0.2, -0.15) is 0 Å². The summed E-state index contributed by atoms with van der Waals surface area (Å²) in [5.41, 5.74) is 5.53. The van der Waals surface area contributed by atoms with E-state index in [1.165, 1.54) is 0 Å². The molecule has 0 atom stereocenters. The Kier molecular flexibility index (Phi) is 5.26. The fraction of sp³-hybridized carbons (Fsp3) is 1.00. The molecule has 2 N–H and O–H groups in total. The molecule has 1 aliphatic carbocycles. The van der Waals surface area contributed by atoms with Crippen LogP contribution < -0.4 is 5.73 Å². The van der Waals surface area contributed by atoms with Crippen molar-refractivity contribution in [3.63, 3.8) is 0 Å². The van der Waals surface area contributed by atoms with Crippen LogP contribution >= 0.6 is 12.4 Å². The Balaban J connectivity index is 0.00000169. The zero-order valence-electron chi connectivity index (χ0n) is 8.39. The molecular formula is C9H18ClF2NO. The third-order valence-electron chi connectivity index (χ3n) is 2.78. The van der Waals surface area contributed by atoms with Crippen LogP contribution in [0.1, 0.15) is 32.1 Å². The van der Waals surface area contributed by atoms with Gasteiger partial charge >= 0.3 is 0 Å². The second-order valence-electron chi connectivity index (χ2n) is 3.96. The average Bonchev–Trinajstić information content (AvgIpc) is 2.08. The van der Waals surface area contributed by atoms with E-state index in [1.807, 2.05) is 0 Å². The summed E-state index contributed by atoms with van der Waals surface area (Å²) in [6, 6.07) is 0. The minimum Gasteiger partial charge on any atom is -0.385 e. The Labute approximate surface area is 89.6 Å². The van der Waals surface area contributed by atoms with Gasteiger partial charge in [-0.25, -0.2) is 8.78 Å². The minimum atomic E-state index is -2.49. The van der Waals surface area contributed by atoms with Gasteiger partial charge in [0.05, 0.1) is 0 Å². The molecule has 86 valence electrons. The van der Waals surface area contributed by atoms with Gasteiger partial charge in [0, 0.05) is 32.1 Å². The van der Waals surface area contributed by atoms with Gasteiger partial charge in [-0.15, -0.1) is 12.4 Å². The van der Waals surface area contributed by atoms with E-state index in [9.17, 15) is 8.78 Å². The summed E-state index contributed by atoms with van der Waals surface area (Å²) in [5, 5.41) is 0. The maximum atomic E-state index is 12.8. The number of halogens is 3. The summed E-state index contributed by atoms with van der Waals surface area (Å²) in [5.74, 6) is -2.49. The number of rotatable bonds is 3. The van der Waals surface area contributed by atoms with E-state index in [1.54, 1.807) is 7.11 Å². The molecule has 0 heterocycles. The summed E-state index contributed by atoms with van der Waals surface area (Å²) in [6.45, 7) is 0.558. The van der Waals surface area contributed by atoms with Gasteiger partial charge in [0.2, 0.25) is 5.92 Å². The summed E-state index contributed by atoms with van der Waals surface area (Å²) in [7, 11) is 1.60. The van der Waals surface area contributed by atoms with Crippen molar-refractivity contribution < 1.29 is 13.5 Å². The van der Waals surface area contributed by atoms with Crippen molar-refractivity contribution in [1.29, 1.82) is 0 Å². The number of hydrogen-bond acceptors (Lipinski definition) is 2. The molecule has 0 unspecified atom stereocenters.